The zero-order chi connectivity index (χ0) is 12.8. The van der Waals surface area contributed by atoms with E-state index in [1.807, 2.05) is 0 Å². The van der Waals surface area contributed by atoms with Crippen LogP contribution in [0.15, 0.2) is 12.4 Å². The molecule has 1 aromatic heterocycles. The summed E-state index contributed by atoms with van der Waals surface area (Å²) in [7, 11) is 0. The largest absolute Gasteiger partial charge is 0.477 e. The van der Waals surface area contributed by atoms with Crippen LogP contribution in [0.5, 0.6) is 5.88 Å². The van der Waals surface area contributed by atoms with Gasteiger partial charge in [0.2, 0.25) is 5.88 Å². The number of nitrogens with zero attached hydrogens (tertiary/aromatic N) is 3. The van der Waals surface area contributed by atoms with Gasteiger partial charge < -0.3 is 9.64 Å². The molecule has 0 amide bonds. The van der Waals surface area contributed by atoms with Gasteiger partial charge in [0, 0.05) is 19.0 Å². The van der Waals surface area contributed by atoms with E-state index in [1.54, 1.807) is 12.4 Å². The number of hydrogen-bond acceptors (Lipinski definition) is 4. The molecule has 0 aliphatic carbocycles. The van der Waals surface area contributed by atoms with Gasteiger partial charge in [0.25, 0.3) is 0 Å². The molecule has 1 saturated heterocycles. The summed E-state index contributed by atoms with van der Waals surface area (Å²) in [5.74, 6) is 2.79. The maximum absolute atomic E-state index is 5.95. The second kappa shape index (κ2) is 6.78. The van der Waals surface area contributed by atoms with Gasteiger partial charge >= 0.3 is 0 Å². The fourth-order valence-corrected chi connectivity index (χ4v) is 2.42. The van der Waals surface area contributed by atoms with Crippen molar-refractivity contribution in [1.82, 2.24) is 9.97 Å². The predicted molar refractivity (Wildman–Crippen MR) is 73.5 cm³/mol. The second-order valence-electron chi connectivity index (χ2n) is 4.67. The van der Waals surface area contributed by atoms with Gasteiger partial charge in [-0.3, -0.25) is 4.98 Å². The summed E-state index contributed by atoms with van der Waals surface area (Å²) in [6, 6.07) is 0. The van der Waals surface area contributed by atoms with Crippen LogP contribution in [0.1, 0.15) is 26.2 Å². The first-order valence-corrected chi connectivity index (χ1v) is 7.12. The summed E-state index contributed by atoms with van der Waals surface area (Å²) >= 11 is 5.95. The van der Waals surface area contributed by atoms with Crippen LogP contribution in [0.4, 0.5) is 5.82 Å². The molecule has 100 valence electrons. The Morgan fingerprint density at radius 2 is 2.39 bits per heavy atom. The molecule has 0 spiro atoms. The lowest BCUT2D eigenvalue weighted by Crippen LogP contribution is -2.36. The second-order valence-corrected chi connectivity index (χ2v) is 4.98. The minimum absolute atomic E-state index is 0.558. The summed E-state index contributed by atoms with van der Waals surface area (Å²) in [4.78, 5) is 11.0. The van der Waals surface area contributed by atoms with E-state index in [0.717, 1.165) is 31.2 Å². The normalized spacial score (nSPS) is 19.9. The van der Waals surface area contributed by atoms with Gasteiger partial charge in [0.05, 0.1) is 19.0 Å². The minimum atomic E-state index is 0.558. The lowest BCUT2D eigenvalue weighted by atomic mass is 10.0. The topological polar surface area (TPSA) is 38.2 Å². The highest BCUT2D eigenvalue weighted by molar-refractivity contribution is 6.18. The zero-order valence-electron chi connectivity index (χ0n) is 10.8. The third-order valence-electron chi connectivity index (χ3n) is 3.11. The van der Waals surface area contributed by atoms with E-state index in [0.29, 0.717) is 18.4 Å². The van der Waals surface area contributed by atoms with Crippen molar-refractivity contribution in [3.63, 3.8) is 0 Å². The highest BCUT2D eigenvalue weighted by atomic mass is 35.5. The maximum atomic E-state index is 5.95. The van der Waals surface area contributed by atoms with Gasteiger partial charge in [-0.05, 0) is 25.2 Å². The van der Waals surface area contributed by atoms with Gasteiger partial charge in [-0.25, -0.2) is 0 Å². The third kappa shape index (κ3) is 3.48. The molecule has 1 atom stereocenters. The Labute approximate surface area is 113 Å². The molecule has 0 aromatic carbocycles. The van der Waals surface area contributed by atoms with E-state index < -0.39 is 0 Å². The summed E-state index contributed by atoms with van der Waals surface area (Å²) < 4.78 is 5.51. The van der Waals surface area contributed by atoms with Gasteiger partial charge in [-0.1, -0.05) is 6.92 Å². The Morgan fingerprint density at radius 3 is 3.17 bits per heavy atom. The molecule has 1 aliphatic heterocycles. The Balaban J connectivity index is 2.02. The van der Waals surface area contributed by atoms with Crippen molar-refractivity contribution < 1.29 is 4.74 Å². The van der Waals surface area contributed by atoms with E-state index in [1.165, 1.54) is 12.8 Å². The molecule has 1 fully saturated rings. The van der Waals surface area contributed by atoms with Crippen LogP contribution < -0.4 is 9.64 Å². The summed E-state index contributed by atoms with van der Waals surface area (Å²) in [5.41, 5.74) is 0. The van der Waals surface area contributed by atoms with Crippen LogP contribution in [0, 0.1) is 5.92 Å². The van der Waals surface area contributed by atoms with Crippen LogP contribution >= 0.6 is 11.6 Å². The van der Waals surface area contributed by atoms with E-state index >= 15 is 0 Å². The molecule has 0 radical (unpaired) electrons. The lowest BCUT2D eigenvalue weighted by Gasteiger charge is -2.32. The van der Waals surface area contributed by atoms with E-state index in [-0.39, 0.29) is 0 Å². The van der Waals surface area contributed by atoms with Crippen LogP contribution in [0.3, 0.4) is 0 Å². The maximum Gasteiger partial charge on any atom is 0.234 e. The van der Waals surface area contributed by atoms with Crippen LogP contribution in [0.25, 0.3) is 0 Å². The number of ether oxygens (including phenoxy) is 1. The minimum Gasteiger partial charge on any atom is -0.477 e. The van der Waals surface area contributed by atoms with Crippen molar-refractivity contribution in [2.75, 3.05) is 30.5 Å². The quantitative estimate of drug-likeness (QED) is 0.771. The first-order valence-electron chi connectivity index (χ1n) is 6.59. The number of halogens is 1. The number of anilines is 1. The van der Waals surface area contributed by atoms with Crippen LogP contribution in [-0.4, -0.2) is 35.5 Å². The molecule has 1 unspecified atom stereocenters. The number of aromatic nitrogens is 2. The predicted octanol–water partition coefficient (Wildman–Crippen LogP) is 2.72. The number of rotatable bonds is 5. The van der Waals surface area contributed by atoms with Crippen LogP contribution in [-0.2, 0) is 0 Å². The summed E-state index contributed by atoms with van der Waals surface area (Å²) in [6.07, 6.45) is 6.82. The Kier molecular flexibility index (Phi) is 5.05. The van der Waals surface area contributed by atoms with Crippen molar-refractivity contribution in [2.24, 2.45) is 5.92 Å². The van der Waals surface area contributed by atoms with Crippen molar-refractivity contribution in [1.29, 1.82) is 0 Å². The molecular weight excluding hydrogens is 250 g/mol. The molecule has 2 heterocycles. The fraction of sp³-hybridized carbons (Fsp3) is 0.692. The average molecular weight is 270 g/mol. The molecule has 1 aliphatic rings. The Hall–Kier alpha value is -1.03. The first-order chi connectivity index (χ1) is 8.83. The molecule has 4 nitrogen and oxygen atoms in total. The molecule has 0 saturated carbocycles. The highest BCUT2D eigenvalue weighted by Gasteiger charge is 2.20. The average Bonchev–Trinajstić information content (AvgIpc) is 2.45. The summed E-state index contributed by atoms with van der Waals surface area (Å²) in [6.45, 7) is 4.75. The fourth-order valence-electron chi connectivity index (χ4n) is 2.17. The zero-order valence-corrected chi connectivity index (χ0v) is 11.6. The monoisotopic (exact) mass is 269 g/mol. The standard InChI is InChI=1S/C13H20ClN3O/c1-2-6-18-13-9-15-8-12(16-13)17-5-3-4-11(7-14)10-17/h8-9,11H,2-7,10H2,1H3. The van der Waals surface area contributed by atoms with Gasteiger partial charge in [0.15, 0.2) is 5.82 Å². The molecule has 1 aromatic rings. The smallest absolute Gasteiger partial charge is 0.234 e. The lowest BCUT2D eigenvalue weighted by molar-refractivity contribution is 0.303. The summed E-state index contributed by atoms with van der Waals surface area (Å²) in [5, 5.41) is 0. The molecule has 0 N–H and O–H groups in total. The Bertz CT molecular complexity index is 375. The first kappa shape index (κ1) is 13.4. The number of piperidine rings is 1. The molecule has 0 bridgehead atoms. The van der Waals surface area contributed by atoms with Crippen molar-refractivity contribution in [3.8, 4) is 5.88 Å². The van der Waals surface area contributed by atoms with Gasteiger partial charge in [-0.15, -0.1) is 11.6 Å². The SMILES string of the molecule is CCCOc1cncc(N2CCCC(CCl)C2)n1. The van der Waals surface area contributed by atoms with Crippen molar-refractivity contribution in [2.45, 2.75) is 26.2 Å². The van der Waals surface area contributed by atoms with Gasteiger partial charge in [-0.2, -0.15) is 4.98 Å². The highest BCUT2D eigenvalue weighted by Crippen LogP contribution is 2.23. The number of hydrogen-bond donors (Lipinski definition) is 0. The van der Waals surface area contributed by atoms with Gasteiger partial charge in [0.1, 0.15) is 0 Å². The van der Waals surface area contributed by atoms with Crippen molar-refractivity contribution in [3.05, 3.63) is 12.4 Å². The Morgan fingerprint density at radius 1 is 1.50 bits per heavy atom. The van der Waals surface area contributed by atoms with Crippen LogP contribution in [0.2, 0.25) is 0 Å². The molecule has 5 heteroatoms. The van der Waals surface area contributed by atoms with Crippen molar-refractivity contribution >= 4 is 17.4 Å². The third-order valence-corrected chi connectivity index (χ3v) is 3.55. The number of alkyl halides is 1. The molecular formula is C13H20ClN3O. The molecule has 2 rings (SSSR count). The van der Waals surface area contributed by atoms with E-state index in [9.17, 15) is 0 Å². The molecule has 18 heavy (non-hydrogen) atoms. The van der Waals surface area contributed by atoms with E-state index in [2.05, 4.69) is 21.8 Å². The van der Waals surface area contributed by atoms with E-state index in [4.69, 9.17) is 16.3 Å².